The molecule has 0 aromatic heterocycles. The first-order valence-corrected chi connectivity index (χ1v) is 10.8. The second-order valence-electron chi connectivity index (χ2n) is 8.71. The number of benzene rings is 1. The van der Waals surface area contributed by atoms with Crippen molar-refractivity contribution in [1.29, 1.82) is 0 Å². The lowest BCUT2D eigenvalue weighted by atomic mass is 9.77. The molecule has 1 aromatic rings. The van der Waals surface area contributed by atoms with Crippen molar-refractivity contribution in [2.45, 2.75) is 25.4 Å². The number of methoxy groups -OCH3 is 1. The third kappa shape index (κ3) is 2.81. The maximum absolute atomic E-state index is 13.4. The van der Waals surface area contributed by atoms with Crippen LogP contribution in [0.2, 0.25) is 0 Å². The Morgan fingerprint density at radius 3 is 2.18 bits per heavy atom. The number of ketones is 2. The van der Waals surface area contributed by atoms with Gasteiger partial charge in [-0.3, -0.25) is 33.7 Å². The zero-order valence-corrected chi connectivity index (χ0v) is 18.8. The van der Waals surface area contributed by atoms with Gasteiger partial charge in [0.05, 0.1) is 37.4 Å². The zero-order chi connectivity index (χ0) is 24.5. The number of likely N-dealkylation sites (N-methyl/N-ethyl adjacent to an activating group) is 1. The average molecular weight is 463 g/mol. The van der Waals surface area contributed by atoms with Gasteiger partial charge in [-0.05, 0) is 19.1 Å². The smallest absolute Gasteiger partial charge is 0.261 e. The van der Waals surface area contributed by atoms with E-state index in [4.69, 9.17) is 4.74 Å². The zero-order valence-electron chi connectivity index (χ0n) is 18.8. The summed E-state index contributed by atoms with van der Waals surface area (Å²) in [5, 5.41) is 0. The predicted octanol–water partition coefficient (Wildman–Crippen LogP) is 0.0929. The number of nitrogens with zero attached hydrogens (tertiary/aromatic N) is 3. The van der Waals surface area contributed by atoms with Crippen LogP contribution in [0.5, 0.6) is 0 Å². The van der Waals surface area contributed by atoms with E-state index in [0.29, 0.717) is 0 Å². The summed E-state index contributed by atoms with van der Waals surface area (Å²) in [5.74, 6) is -3.14. The first kappa shape index (κ1) is 21.7. The third-order valence-corrected chi connectivity index (χ3v) is 6.89. The molecule has 0 spiro atoms. The first-order valence-electron chi connectivity index (χ1n) is 10.8. The van der Waals surface area contributed by atoms with E-state index in [1.54, 1.807) is 12.1 Å². The van der Waals surface area contributed by atoms with Crippen molar-refractivity contribution in [1.82, 2.24) is 14.7 Å². The van der Waals surface area contributed by atoms with Gasteiger partial charge in [0, 0.05) is 30.2 Å². The van der Waals surface area contributed by atoms with Crippen molar-refractivity contribution in [3.63, 3.8) is 0 Å². The second kappa shape index (κ2) is 7.47. The Bertz CT molecular complexity index is 1260. The summed E-state index contributed by atoms with van der Waals surface area (Å²) in [6.07, 6.45) is -0.123. The highest BCUT2D eigenvalue weighted by molar-refractivity contribution is 6.26. The highest BCUT2D eigenvalue weighted by Crippen LogP contribution is 2.39. The fourth-order valence-electron chi connectivity index (χ4n) is 5.26. The number of Topliss-reactive ketones (excluding diaryl/α,β-unsaturated/α-hetero) is 2. The van der Waals surface area contributed by atoms with Gasteiger partial charge in [0.1, 0.15) is 6.04 Å². The number of carbonyl (C=O) groups excluding carboxylic acids is 6. The molecule has 4 amide bonds. The van der Waals surface area contributed by atoms with Crippen LogP contribution in [0.3, 0.4) is 0 Å². The van der Waals surface area contributed by atoms with Crippen LogP contribution >= 0.6 is 0 Å². The summed E-state index contributed by atoms with van der Waals surface area (Å²) in [4.78, 5) is 82.3. The molecule has 174 valence electrons. The van der Waals surface area contributed by atoms with Crippen LogP contribution < -0.4 is 0 Å². The fourth-order valence-corrected chi connectivity index (χ4v) is 5.26. The minimum Gasteiger partial charge on any atom is -0.492 e. The van der Waals surface area contributed by atoms with Crippen LogP contribution in [0.4, 0.5) is 0 Å². The standard InChI is InChI=1S/C24H21N3O7/c1-11-19(29)14-8-15-24(33)25(2)10-17(28)27(15)16(18(14)20(30)21(11)34-3)9-26-22(31)12-6-4-5-7-13(12)23(26)32/h4-7,15-16H,8-10H2,1-3H3/t15-,16-/m0/s1. The number of piperazine rings is 1. The van der Waals surface area contributed by atoms with E-state index < -0.39 is 41.4 Å². The Hall–Kier alpha value is -4.08. The van der Waals surface area contributed by atoms with Crippen molar-refractivity contribution >= 4 is 35.2 Å². The van der Waals surface area contributed by atoms with E-state index in [0.717, 1.165) is 4.90 Å². The molecule has 1 saturated heterocycles. The van der Waals surface area contributed by atoms with Crippen LogP contribution in [-0.2, 0) is 23.9 Å². The molecule has 4 aliphatic rings. The van der Waals surface area contributed by atoms with Crippen LogP contribution in [-0.4, -0.2) is 89.2 Å². The minimum absolute atomic E-state index is 0.00837. The first-order chi connectivity index (χ1) is 16.2. The van der Waals surface area contributed by atoms with Crippen LogP contribution in [0.1, 0.15) is 34.1 Å². The van der Waals surface area contributed by atoms with Gasteiger partial charge in [-0.15, -0.1) is 0 Å². The van der Waals surface area contributed by atoms with E-state index in [1.807, 2.05) is 0 Å². The number of amides is 4. The molecule has 5 rings (SSSR count). The number of ether oxygens (including phenoxy) is 1. The molecule has 1 aliphatic carbocycles. The molecule has 0 bridgehead atoms. The van der Waals surface area contributed by atoms with Crippen LogP contribution in [0, 0.1) is 0 Å². The molecule has 0 N–H and O–H groups in total. The molecule has 0 unspecified atom stereocenters. The molecule has 2 atom stereocenters. The second-order valence-corrected chi connectivity index (χ2v) is 8.71. The number of carbonyl (C=O) groups is 6. The highest BCUT2D eigenvalue weighted by Gasteiger charge is 2.53. The lowest BCUT2D eigenvalue weighted by molar-refractivity contribution is -0.157. The van der Waals surface area contributed by atoms with Gasteiger partial charge in [-0.25, -0.2) is 0 Å². The summed E-state index contributed by atoms with van der Waals surface area (Å²) < 4.78 is 5.20. The quantitative estimate of drug-likeness (QED) is 0.460. The van der Waals surface area contributed by atoms with E-state index in [1.165, 1.54) is 43.0 Å². The molecule has 3 heterocycles. The van der Waals surface area contributed by atoms with Gasteiger partial charge in [-0.2, -0.15) is 0 Å². The predicted molar refractivity (Wildman–Crippen MR) is 115 cm³/mol. The van der Waals surface area contributed by atoms with Gasteiger partial charge < -0.3 is 14.5 Å². The maximum Gasteiger partial charge on any atom is 0.261 e. The van der Waals surface area contributed by atoms with Crippen molar-refractivity contribution in [3.05, 3.63) is 57.9 Å². The molecule has 1 fully saturated rings. The van der Waals surface area contributed by atoms with Gasteiger partial charge >= 0.3 is 0 Å². The van der Waals surface area contributed by atoms with E-state index in [9.17, 15) is 28.8 Å². The maximum atomic E-state index is 13.4. The Labute approximate surface area is 194 Å². The number of hydrogen-bond donors (Lipinski definition) is 0. The molecule has 10 nitrogen and oxygen atoms in total. The summed E-state index contributed by atoms with van der Waals surface area (Å²) in [6.45, 7) is 0.887. The SMILES string of the molecule is COC1=C(C)C(=O)C2=C(C1=O)[C@H](CN1C(=O)c3ccccc3C1=O)N1C(=O)CN(C)C(=O)[C@@H]1C2. The Kier molecular flexibility index (Phi) is 4.78. The molecule has 34 heavy (non-hydrogen) atoms. The fraction of sp³-hybridized carbons (Fsp3) is 0.333. The third-order valence-electron chi connectivity index (χ3n) is 6.89. The lowest BCUT2D eigenvalue weighted by Gasteiger charge is -2.48. The highest BCUT2D eigenvalue weighted by atomic mass is 16.5. The van der Waals surface area contributed by atoms with E-state index >= 15 is 0 Å². The molecule has 1 aromatic carbocycles. The number of hydrogen-bond acceptors (Lipinski definition) is 7. The van der Waals surface area contributed by atoms with Gasteiger partial charge in [0.25, 0.3) is 11.8 Å². The van der Waals surface area contributed by atoms with Crippen molar-refractivity contribution < 1.29 is 33.5 Å². The molecule has 0 saturated carbocycles. The molecule has 0 radical (unpaired) electrons. The van der Waals surface area contributed by atoms with Gasteiger partial charge in [0.15, 0.2) is 11.5 Å². The van der Waals surface area contributed by atoms with Crippen molar-refractivity contribution in [3.8, 4) is 0 Å². The largest absolute Gasteiger partial charge is 0.492 e. The lowest BCUT2D eigenvalue weighted by Crippen LogP contribution is -2.66. The molecule has 10 heteroatoms. The van der Waals surface area contributed by atoms with Gasteiger partial charge in [0.2, 0.25) is 17.6 Å². The summed E-state index contributed by atoms with van der Waals surface area (Å²) in [6, 6.07) is 4.15. The summed E-state index contributed by atoms with van der Waals surface area (Å²) in [5.41, 5.74) is 0.652. The summed E-state index contributed by atoms with van der Waals surface area (Å²) in [7, 11) is 2.76. The topological polar surface area (TPSA) is 121 Å². The Morgan fingerprint density at radius 1 is 0.971 bits per heavy atom. The average Bonchev–Trinajstić information content (AvgIpc) is 3.06. The minimum atomic E-state index is -1.16. The monoisotopic (exact) mass is 463 g/mol. The summed E-state index contributed by atoms with van der Waals surface area (Å²) >= 11 is 0. The van der Waals surface area contributed by atoms with Crippen molar-refractivity contribution in [2.24, 2.45) is 0 Å². The normalized spacial score (nSPS) is 24.7. The number of fused-ring (bicyclic) bond motifs is 2. The Balaban J connectivity index is 1.64. The van der Waals surface area contributed by atoms with Crippen LogP contribution in [0.25, 0.3) is 0 Å². The molecule has 3 aliphatic heterocycles. The number of allylic oxidation sites excluding steroid dienone is 2. The van der Waals surface area contributed by atoms with E-state index in [2.05, 4.69) is 0 Å². The number of rotatable bonds is 3. The number of imide groups is 1. The molecular weight excluding hydrogens is 442 g/mol. The van der Waals surface area contributed by atoms with Gasteiger partial charge in [-0.1, -0.05) is 12.1 Å². The van der Waals surface area contributed by atoms with Crippen LogP contribution in [0.15, 0.2) is 46.7 Å². The van der Waals surface area contributed by atoms with E-state index in [-0.39, 0.29) is 59.0 Å². The molecular formula is C24H21N3O7. The Morgan fingerprint density at radius 2 is 1.59 bits per heavy atom. The van der Waals surface area contributed by atoms with Crippen molar-refractivity contribution in [2.75, 3.05) is 27.2 Å².